The molecule has 9 heteroatoms. The second kappa shape index (κ2) is 10.7. The number of ether oxygens (including phenoxy) is 2. The molecule has 1 atom stereocenters. The number of amides is 1. The van der Waals surface area contributed by atoms with Crippen molar-refractivity contribution in [3.05, 3.63) is 40.3 Å². The maximum Gasteiger partial charge on any atom is 0.310 e. The van der Waals surface area contributed by atoms with Crippen molar-refractivity contribution in [3.63, 3.8) is 0 Å². The molecule has 0 aliphatic carbocycles. The summed E-state index contributed by atoms with van der Waals surface area (Å²) in [7, 11) is 0. The first kappa shape index (κ1) is 22.5. The van der Waals surface area contributed by atoms with Gasteiger partial charge in [-0.2, -0.15) is 0 Å². The third-order valence-corrected chi connectivity index (χ3v) is 5.15. The van der Waals surface area contributed by atoms with E-state index in [2.05, 4.69) is 15.2 Å². The second-order valence-corrected chi connectivity index (χ2v) is 7.34. The minimum absolute atomic E-state index is 0.108. The van der Waals surface area contributed by atoms with Crippen LogP contribution in [0.3, 0.4) is 0 Å². The number of nitrogens with zero attached hydrogens (tertiary/aromatic N) is 3. The number of likely N-dealkylation sites (tertiary alicyclic amines) is 1. The van der Waals surface area contributed by atoms with Gasteiger partial charge in [-0.25, -0.2) is 0 Å². The van der Waals surface area contributed by atoms with Crippen molar-refractivity contribution in [1.82, 2.24) is 20.1 Å². The van der Waals surface area contributed by atoms with Gasteiger partial charge in [-0.1, -0.05) is 12.1 Å². The van der Waals surface area contributed by atoms with Crippen LogP contribution >= 0.6 is 0 Å². The molecule has 2 heterocycles. The predicted octanol–water partition coefficient (Wildman–Crippen LogP) is 1.96. The largest absolute Gasteiger partial charge is 0.494 e. The molecular formula is C22H28N4O5. The quantitative estimate of drug-likeness (QED) is 0.639. The van der Waals surface area contributed by atoms with E-state index in [-0.39, 0.29) is 41.9 Å². The van der Waals surface area contributed by atoms with Gasteiger partial charge in [-0.15, -0.1) is 10.2 Å². The van der Waals surface area contributed by atoms with Crippen LogP contribution in [0.5, 0.6) is 5.75 Å². The van der Waals surface area contributed by atoms with Gasteiger partial charge < -0.3 is 19.4 Å². The summed E-state index contributed by atoms with van der Waals surface area (Å²) in [5, 5.41) is 8.15. The van der Waals surface area contributed by atoms with Gasteiger partial charge in [0.15, 0.2) is 5.82 Å². The van der Waals surface area contributed by atoms with Crippen molar-refractivity contribution in [3.8, 4) is 17.1 Å². The van der Waals surface area contributed by atoms with E-state index in [1.54, 1.807) is 17.9 Å². The summed E-state index contributed by atoms with van der Waals surface area (Å²) in [6.45, 7) is 5.49. The second-order valence-electron chi connectivity index (χ2n) is 7.34. The van der Waals surface area contributed by atoms with Crippen LogP contribution in [0.1, 0.15) is 38.8 Å². The average Bonchev–Trinajstić information content (AvgIpc) is 2.78. The number of hydrogen-bond donors (Lipinski definition) is 1. The zero-order chi connectivity index (χ0) is 22.2. The summed E-state index contributed by atoms with van der Waals surface area (Å²) >= 11 is 0. The number of H-pyrrole nitrogens is 1. The minimum atomic E-state index is -0.373. The fourth-order valence-corrected chi connectivity index (χ4v) is 3.59. The normalized spacial score (nSPS) is 16.1. The maximum atomic E-state index is 12.6. The van der Waals surface area contributed by atoms with Crippen LogP contribution in [0, 0.1) is 5.92 Å². The highest BCUT2D eigenvalue weighted by Crippen LogP contribution is 2.20. The number of aromatic nitrogens is 3. The van der Waals surface area contributed by atoms with Crippen LogP contribution in [-0.4, -0.2) is 58.3 Å². The monoisotopic (exact) mass is 428 g/mol. The van der Waals surface area contributed by atoms with Gasteiger partial charge in [0.1, 0.15) is 11.4 Å². The van der Waals surface area contributed by atoms with Crippen molar-refractivity contribution in [2.24, 2.45) is 5.92 Å². The highest BCUT2D eigenvalue weighted by atomic mass is 16.5. The molecule has 1 amide bonds. The van der Waals surface area contributed by atoms with Gasteiger partial charge >= 0.3 is 5.97 Å². The lowest BCUT2D eigenvalue weighted by atomic mass is 9.98. The van der Waals surface area contributed by atoms with Crippen molar-refractivity contribution in [1.29, 1.82) is 0 Å². The third-order valence-electron chi connectivity index (χ3n) is 5.15. The molecule has 0 saturated carbocycles. The molecule has 9 nitrogen and oxygen atoms in total. The van der Waals surface area contributed by atoms with Crippen molar-refractivity contribution >= 4 is 11.9 Å². The lowest BCUT2D eigenvalue weighted by molar-refractivity contribution is -0.151. The first-order chi connectivity index (χ1) is 15.0. The smallest absolute Gasteiger partial charge is 0.310 e. The summed E-state index contributed by atoms with van der Waals surface area (Å²) in [5.41, 5.74) is 0.524. The van der Waals surface area contributed by atoms with E-state index in [0.717, 1.165) is 12.8 Å². The van der Waals surface area contributed by atoms with Gasteiger partial charge in [-0.3, -0.25) is 14.4 Å². The highest BCUT2D eigenvalue weighted by molar-refractivity contribution is 5.78. The van der Waals surface area contributed by atoms with Crippen LogP contribution in [0.4, 0.5) is 0 Å². The number of hydrogen-bond acceptors (Lipinski definition) is 7. The Hall–Kier alpha value is -3.23. The van der Waals surface area contributed by atoms with Crippen LogP contribution in [0.15, 0.2) is 29.1 Å². The van der Waals surface area contributed by atoms with Gasteiger partial charge in [-0.05, 0) is 38.8 Å². The molecule has 3 rings (SSSR count). The molecule has 1 aromatic heterocycles. The van der Waals surface area contributed by atoms with E-state index in [1.807, 2.05) is 25.1 Å². The summed E-state index contributed by atoms with van der Waals surface area (Å²) < 4.78 is 10.5. The molecule has 1 N–H and O–H groups in total. The number of nitrogens with one attached hydrogen (secondary N) is 1. The molecule has 1 aliphatic rings. The standard InChI is InChI=1S/C22H28N4O5/c1-3-30-17-9-5-7-15(13-17)20-23-21(28)18(24-25-20)10-11-19(27)26-12-6-8-16(14-26)22(29)31-4-2/h5,7,9,13,16H,3-4,6,8,10-12,14H2,1-2H3,(H,23,25,28). The highest BCUT2D eigenvalue weighted by Gasteiger charge is 2.29. The Morgan fingerprint density at radius 2 is 2.06 bits per heavy atom. The number of piperidine rings is 1. The van der Waals surface area contributed by atoms with E-state index >= 15 is 0 Å². The molecule has 0 bridgehead atoms. The number of rotatable bonds is 8. The van der Waals surface area contributed by atoms with E-state index in [9.17, 15) is 14.4 Å². The molecule has 1 aliphatic heterocycles. The Kier molecular flexibility index (Phi) is 7.75. The maximum absolute atomic E-state index is 12.6. The first-order valence-electron chi connectivity index (χ1n) is 10.6. The minimum Gasteiger partial charge on any atom is -0.494 e. The number of esters is 1. The summed E-state index contributed by atoms with van der Waals surface area (Å²) in [5.74, 6) is 0.373. The number of carbonyl (C=O) groups excluding carboxylic acids is 2. The van der Waals surface area contributed by atoms with Gasteiger partial charge in [0, 0.05) is 31.5 Å². The summed E-state index contributed by atoms with van der Waals surface area (Å²) in [4.78, 5) is 41.4. The lowest BCUT2D eigenvalue weighted by Gasteiger charge is -2.31. The van der Waals surface area contributed by atoms with Gasteiger partial charge in [0.2, 0.25) is 5.91 Å². The average molecular weight is 428 g/mol. The summed E-state index contributed by atoms with van der Waals surface area (Å²) in [6.07, 6.45) is 1.79. The fraction of sp³-hybridized carbons (Fsp3) is 0.500. The molecule has 1 unspecified atom stereocenters. The Balaban J connectivity index is 1.60. The summed E-state index contributed by atoms with van der Waals surface area (Å²) in [6, 6.07) is 7.23. The van der Waals surface area contributed by atoms with Crippen molar-refractivity contribution < 1.29 is 19.1 Å². The van der Waals surface area contributed by atoms with Gasteiger partial charge in [0.25, 0.3) is 5.56 Å². The van der Waals surface area contributed by atoms with Crippen LogP contribution in [0.25, 0.3) is 11.4 Å². The topological polar surface area (TPSA) is 114 Å². The molecule has 1 saturated heterocycles. The lowest BCUT2D eigenvalue weighted by Crippen LogP contribution is -2.43. The van der Waals surface area contributed by atoms with E-state index in [1.165, 1.54) is 0 Å². The van der Waals surface area contributed by atoms with Crippen molar-refractivity contribution in [2.45, 2.75) is 39.5 Å². The van der Waals surface area contributed by atoms with Crippen molar-refractivity contribution in [2.75, 3.05) is 26.3 Å². The van der Waals surface area contributed by atoms with E-state index in [4.69, 9.17) is 9.47 Å². The van der Waals surface area contributed by atoms with Gasteiger partial charge in [0.05, 0.1) is 19.1 Å². The molecule has 166 valence electrons. The SMILES string of the molecule is CCOC(=O)C1CCCN(C(=O)CCc2nnc(-c3cccc(OCC)c3)[nH]c2=O)C1. The van der Waals surface area contributed by atoms with E-state index in [0.29, 0.717) is 43.4 Å². The Morgan fingerprint density at radius 3 is 2.81 bits per heavy atom. The molecular weight excluding hydrogens is 400 g/mol. The zero-order valence-electron chi connectivity index (χ0n) is 17.9. The van der Waals surface area contributed by atoms with Crippen LogP contribution < -0.4 is 10.3 Å². The Labute approximate surface area is 180 Å². The fourth-order valence-electron chi connectivity index (χ4n) is 3.59. The molecule has 31 heavy (non-hydrogen) atoms. The predicted molar refractivity (Wildman–Crippen MR) is 114 cm³/mol. The molecule has 1 fully saturated rings. The first-order valence-corrected chi connectivity index (χ1v) is 10.6. The number of carbonyl (C=O) groups is 2. The number of benzene rings is 1. The Morgan fingerprint density at radius 1 is 1.23 bits per heavy atom. The molecule has 0 spiro atoms. The molecule has 1 aromatic carbocycles. The van der Waals surface area contributed by atoms with E-state index < -0.39 is 0 Å². The van der Waals surface area contributed by atoms with Crippen LogP contribution in [-0.2, 0) is 20.7 Å². The Bertz CT molecular complexity index is 974. The van der Waals surface area contributed by atoms with Crippen LogP contribution in [0.2, 0.25) is 0 Å². The number of aryl methyl sites for hydroxylation is 1. The molecule has 0 radical (unpaired) electrons. The zero-order valence-corrected chi connectivity index (χ0v) is 17.9. The third kappa shape index (κ3) is 5.90. The number of aromatic amines is 1. The molecule has 2 aromatic rings.